The first-order valence-corrected chi connectivity index (χ1v) is 12.4. The Morgan fingerprint density at radius 2 is 1.91 bits per heavy atom. The van der Waals surface area contributed by atoms with Gasteiger partial charge in [0.15, 0.2) is 0 Å². The van der Waals surface area contributed by atoms with Crippen LogP contribution in [-0.4, -0.2) is 30.3 Å². The number of fused-ring (bicyclic) bond motifs is 1. The molecule has 1 fully saturated rings. The predicted octanol–water partition coefficient (Wildman–Crippen LogP) is 4.81. The lowest BCUT2D eigenvalue weighted by molar-refractivity contribution is -0.116. The lowest BCUT2D eigenvalue weighted by Gasteiger charge is -2.14. The van der Waals surface area contributed by atoms with E-state index in [0.717, 1.165) is 31.4 Å². The van der Waals surface area contributed by atoms with Crippen molar-refractivity contribution in [2.75, 3.05) is 10.6 Å². The molecule has 0 radical (unpaired) electrons. The third-order valence-electron chi connectivity index (χ3n) is 5.54. The van der Waals surface area contributed by atoms with Crippen LogP contribution < -0.4 is 14.8 Å². The molecule has 0 unspecified atom stereocenters. The van der Waals surface area contributed by atoms with Gasteiger partial charge in [0, 0.05) is 24.2 Å². The van der Waals surface area contributed by atoms with E-state index >= 15 is 0 Å². The molecule has 4 rings (SSSR count). The van der Waals surface area contributed by atoms with E-state index in [1.807, 2.05) is 6.92 Å². The van der Waals surface area contributed by atoms with Crippen molar-refractivity contribution in [3.63, 3.8) is 0 Å². The van der Waals surface area contributed by atoms with Crippen LogP contribution in [0, 0.1) is 0 Å². The van der Waals surface area contributed by atoms with Gasteiger partial charge in [-0.05, 0) is 55.7 Å². The summed E-state index contributed by atoms with van der Waals surface area (Å²) in [7, 11) is -3.98. The van der Waals surface area contributed by atoms with Crippen LogP contribution in [0.2, 0.25) is 0 Å². The summed E-state index contributed by atoms with van der Waals surface area (Å²) in [5.41, 5.74) is 2.07. The number of imidazole rings is 1. The van der Waals surface area contributed by atoms with E-state index in [9.17, 15) is 13.2 Å². The summed E-state index contributed by atoms with van der Waals surface area (Å²) in [5.74, 6) is 0.375. The normalized spacial score (nSPS) is 14.5. The lowest BCUT2D eigenvalue weighted by atomic mass is 10.2. The van der Waals surface area contributed by atoms with E-state index in [2.05, 4.69) is 20.6 Å². The van der Waals surface area contributed by atoms with E-state index < -0.39 is 10.1 Å². The minimum absolute atomic E-state index is 0.0862. The van der Waals surface area contributed by atoms with Crippen LogP contribution >= 0.6 is 0 Å². The molecule has 0 atom stereocenters. The summed E-state index contributed by atoms with van der Waals surface area (Å²) >= 11 is 0. The predicted molar refractivity (Wildman–Crippen MR) is 124 cm³/mol. The molecule has 0 bridgehead atoms. The maximum atomic E-state index is 12.7. The van der Waals surface area contributed by atoms with Crippen molar-refractivity contribution in [3.8, 4) is 5.75 Å². The molecule has 0 spiro atoms. The Hall–Kier alpha value is -3.07. The average Bonchev–Trinajstić information content (AvgIpc) is 3.41. The standard InChI is InChI=1S/C23H28N4O4S/c1-2-3-8-22(28)27-23-25-20-14-11-18(15-21(20)26-23)31-32(29,30)19-12-9-17(10-13-19)24-16-6-4-5-7-16/h9-16,24H,2-8H2,1H3,(H2,25,26,27,28). The van der Waals surface area contributed by atoms with Gasteiger partial charge in [0.05, 0.1) is 11.0 Å². The fourth-order valence-corrected chi connectivity index (χ4v) is 4.75. The number of benzene rings is 2. The Balaban J connectivity index is 1.43. The van der Waals surface area contributed by atoms with Crippen LogP contribution in [0.15, 0.2) is 47.4 Å². The number of nitrogens with zero attached hydrogens (tertiary/aromatic N) is 1. The zero-order valence-electron chi connectivity index (χ0n) is 18.1. The average molecular weight is 457 g/mol. The number of rotatable bonds is 9. The second-order valence-corrected chi connectivity index (χ2v) is 9.65. The summed E-state index contributed by atoms with van der Waals surface area (Å²) < 4.78 is 30.8. The number of carbonyl (C=O) groups is 1. The van der Waals surface area contributed by atoms with Gasteiger partial charge in [-0.15, -0.1) is 0 Å². The van der Waals surface area contributed by atoms with Crippen molar-refractivity contribution in [1.29, 1.82) is 0 Å². The maximum absolute atomic E-state index is 12.7. The lowest BCUT2D eigenvalue weighted by Crippen LogP contribution is -2.14. The molecule has 9 heteroatoms. The first-order chi connectivity index (χ1) is 15.4. The Kier molecular flexibility index (Phi) is 6.64. The van der Waals surface area contributed by atoms with E-state index in [0.29, 0.717) is 29.4 Å². The molecule has 8 nitrogen and oxygen atoms in total. The van der Waals surface area contributed by atoms with Gasteiger partial charge in [0.25, 0.3) is 0 Å². The first-order valence-electron chi connectivity index (χ1n) is 11.0. The monoisotopic (exact) mass is 456 g/mol. The van der Waals surface area contributed by atoms with E-state index in [4.69, 9.17) is 4.18 Å². The van der Waals surface area contributed by atoms with Crippen LogP contribution in [0.1, 0.15) is 51.9 Å². The molecule has 1 amide bonds. The summed E-state index contributed by atoms with van der Waals surface area (Å²) in [6, 6.07) is 11.8. The molecule has 1 aliphatic carbocycles. The highest BCUT2D eigenvalue weighted by molar-refractivity contribution is 7.87. The summed E-state index contributed by atoms with van der Waals surface area (Å²) in [4.78, 5) is 19.3. The molecule has 2 aromatic carbocycles. The molecule has 3 aromatic rings. The molecule has 1 heterocycles. The highest BCUT2D eigenvalue weighted by Gasteiger charge is 2.19. The van der Waals surface area contributed by atoms with Gasteiger partial charge in [0.2, 0.25) is 11.9 Å². The maximum Gasteiger partial charge on any atom is 0.339 e. The van der Waals surface area contributed by atoms with Gasteiger partial charge in [-0.25, -0.2) is 4.98 Å². The van der Waals surface area contributed by atoms with Gasteiger partial charge < -0.3 is 14.5 Å². The van der Waals surface area contributed by atoms with Crippen LogP contribution in [-0.2, 0) is 14.9 Å². The number of hydrogen-bond donors (Lipinski definition) is 3. The Morgan fingerprint density at radius 3 is 2.62 bits per heavy atom. The molecule has 170 valence electrons. The van der Waals surface area contributed by atoms with Gasteiger partial charge in [0.1, 0.15) is 10.6 Å². The molecule has 0 aliphatic heterocycles. The second-order valence-electron chi connectivity index (χ2n) is 8.10. The van der Waals surface area contributed by atoms with Crippen molar-refractivity contribution >= 4 is 38.7 Å². The number of amides is 1. The Morgan fingerprint density at radius 1 is 1.16 bits per heavy atom. The fourth-order valence-electron chi connectivity index (χ4n) is 3.83. The quantitative estimate of drug-likeness (QED) is 0.398. The zero-order valence-corrected chi connectivity index (χ0v) is 18.9. The number of carbonyl (C=O) groups excluding carboxylic acids is 1. The molecular formula is C23H28N4O4S. The number of unbranched alkanes of at least 4 members (excludes halogenated alkanes) is 1. The molecule has 0 saturated heterocycles. The summed E-state index contributed by atoms with van der Waals surface area (Å²) in [6.45, 7) is 2.02. The van der Waals surface area contributed by atoms with E-state index in [1.165, 1.54) is 12.8 Å². The summed E-state index contributed by atoms with van der Waals surface area (Å²) in [5, 5.41) is 6.16. The van der Waals surface area contributed by atoms with E-state index in [-0.39, 0.29) is 16.6 Å². The van der Waals surface area contributed by atoms with E-state index in [1.54, 1.807) is 42.5 Å². The van der Waals surface area contributed by atoms with Gasteiger partial charge in [-0.3, -0.25) is 10.1 Å². The highest BCUT2D eigenvalue weighted by atomic mass is 32.2. The molecule has 1 saturated carbocycles. The van der Waals surface area contributed by atoms with Crippen molar-refractivity contribution in [2.45, 2.75) is 62.8 Å². The van der Waals surface area contributed by atoms with Gasteiger partial charge in [-0.1, -0.05) is 26.2 Å². The van der Waals surface area contributed by atoms with Crippen molar-refractivity contribution in [3.05, 3.63) is 42.5 Å². The van der Waals surface area contributed by atoms with Crippen LogP contribution in [0.5, 0.6) is 5.75 Å². The second kappa shape index (κ2) is 9.60. The number of aromatic amines is 1. The molecule has 32 heavy (non-hydrogen) atoms. The Bertz CT molecular complexity index is 1180. The first kappa shape index (κ1) is 22.1. The summed E-state index contributed by atoms with van der Waals surface area (Å²) in [6.07, 6.45) is 6.90. The van der Waals surface area contributed by atoms with Crippen LogP contribution in [0.3, 0.4) is 0 Å². The molecule has 3 N–H and O–H groups in total. The largest absolute Gasteiger partial charge is 0.382 e. The van der Waals surface area contributed by atoms with Crippen LogP contribution in [0.25, 0.3) is 11.0 Å². The molecule has 1 aromatic heterocycles. The van der Waals surface area contributed by atoms with Crippen molar-refractivity contribution < 1.29 is 17.4 Å². The molecule has 1 aliphatic rings. The number of anilines is 2. The Labute approximate surface area is 187 Å². The molecular weight excluding hydrogens is 428 g/mol. The van der Waals surface area contributed by atoms with Crippen molar-refractivity contribution in [1.82, 2.24) is 9.97 Å². The SMILES string of the molecule is CCCCC(=O)Nc1nc2ccc(OS(=O)(=O)c3ccc(NC4CCCC4)cc3)cc2[nH]1. The third kappa shape index (κ3) is 5.40. The van der Waals surface area contributed by atoms with Gasteiger partial charge >= 0.3 is 10.1 Å². The third-order valence-corrected chi connectivity index (χ3v) is 6.80. The van der Waals surface area contributed by atoms with Crippen LogP contribution in [0.4, 0.5) is 11.6 Å². The fraction of sp³-hybridized carbons (Fsp3) is 0.391. The minimum Gasteiger partial charge on any atom is -0.382 e. The zero-order chi connectivity index (χ0) is 22.6. The number of hydrogen-bond acceptors (Lipinski definition) is 6. The smallest absolute Gasteiger partial charge is 0.339 e. The number of aromatic nitrogens is 2. The number of H-pyrrole nitrogens is 1. The number of nitrogens with one attached hydrogen (secondary N) is 3. The highest BCUT2D eigenvalue weighted by Crippen LogP contribution is 2.26. The minimum atomic E-state index is -3.98. The van der Waals surface area contributed by atoms with Crippen molar-refractivity contribution in [2.24, 2.45) is 0 Å². The topological polar surface area (TPSA) is 113 Å². The van der Waals surface area contributed by atoms with Gasteiger partial charge in [-0.2, -0.15) is 8.42 Å².